The van der Waals surface area contributed by atoms with E-state index in [4.69, 9.17) is 4.42 Å². The highest BCUT2D eigenvalue weighted by Gasteiger charge is 2.24. The molecule has 0 saturated carbocycles. The van der Waals surface area contributed by atoms with Crippen LogP contribution >= 0.6 is 0 Å². The highest BCUT2D eigenvalue weighted by Crippen LogP contribution is 2.48. The molecule has 186 valence electrons. The van der Waals surface area contributed by atoms with Gasteiger partial charge in [-0.1, -0.05) is 115 Å². The molecule has 0 N–H and O–H groups in total. The minimum atomic E-state index is 0.882. The van der Waals surface area contributed by atoms with Gasteiger partial charge in [0.25, 0.3) is 0 Å². The van der Waals surface area contributed by atoms with E-state index in [9.17, 15) is 0 Å². The van der Waals surface area contributed by atoms with Crippen molar-refractivity contribution in [1.82, 2.24) is 4.57 Å². The van der Waals surface area contributed by atoms with E-state index in [0.717, 1.165) is 33.3 Å². The Balaban J connectivity index is 1.40. The molecule has 0 fully saturated rings. The fourth-order valence-corrected chi connectivity index (χ4v) is 6.68. The van der Waals surface area contributed by atoms with Crippen LogP contribution in [0, 0.1) is 0 Å². The van der Waals surface area contributed by atoms with Gasteiger partial charge < -0.3 is 4.42 Å². The molecule has 2 heterocycles. The summed E-state index contributed by atoms with van der Waals surface area (Å²) in [4.78, 5) is 0. The monoisotopic (exact) mass is 509 g/mol. The van der Waals surface area contributed by atoms with E-state index in [-0.39, 0.29) is 0 Å². The van der Waals surface area contributed by atoms with E-state index in [0.29, 0.717) is 0 Å². The predicted octanol–water partition coefficient (Wildman–Crippen LogP) is 10.5. The predicted molar refractivity (Wildman–Crippen MR) is 166 cm³/mol. The lowest BCUT2D eigenvalue weighted by Gasteiger charge is -2.23. The van der Waals surface area contributed by atoms with Crippen molar-refractivity contribution in [3.63, 3.8) is 0 Å². The van der Waals surface area contributed by atoms with Crippen LogP contribution < -0.4 is 0 Å². The Bertz CT molecular complexity index is 2270. The van der Waals surface area contributed by atoms with Crippen LogP contribution in [0.1, 0.15) is 0 Å². The van der Waals surface area contributed by atoms with Crippen LogP contribution in [0.15, 0.2) is 144 Å². The zero-order chi connectivity index (χ0) is 26.2. The van der Waals surface area contributed by atoms with Crippen molar-refractivity contribution in [1.29, 1.82) is 0 Å². The molecule has 40 heavy (non-hydrogen) atoms. The number of para-hydroxylation sites is 2. The summed E-state index contributed by atoms with van der Waals surface area (Å²) in [5.41, 5.74) is 14.0. The fraction of sp³-hybridized carbons (Fsp3) is 0. The SMILES string of the molecule is c1ccc2c(c1)-c1ccccc1-c1ccc(-n3c4ccccc4c4c5ccccc5oc43)cc1-c1ccccc1-2. The summed E-state index contributed by atoms with van der Waals surface area (Å²) in [7, 11) is 0. The molecule has 6 aromatic carbocycles. The van der Waals surface area contributed by atoms with Gasteiger partial charge in [-0.2, -0.15) is 0 Å². The molecule has 0 atom stereocenters. The number of hydrogen-bond donors (Lipinski definition) is 0. The minimum Gasteiger partial charge on any atom is -0.439 e. The lowest BCUT2D eigenvalue weighted by molar-refractivity contribution is 0.645. The number of rotatable bonds is 1. The van der Waals surface area contributed by atoms with Crippen LogP contribution in [0.5, 0.6) is 0 Å². The number of furan rings is 1. The molecule has 0 saturated heterocycles. The summed E-state index contributed by atoms with van der Waals surface area (Å²) in [6.07, 6.45) is 0. The molecule has 2 nitrogen and oxygen atoms in total. The number of aromatic nitrogens is 1. The first-order chi connectivity index (χ1) is 19.9. The molecule has 1 aliphatic carbocycles. The molecule has 2 heteroatoms. The maximum atomic E-state index is 6.55. The lowest BCUT2D eigenvalue weighted by Crippen LogP contribution is -1.99. The number of benzene rings is 6. The number of hydrogen-bond acceptors (Lipinski definition) is 1. The Hall–Kier alpha value is -5.34. The molecule has 0 aliphatic heterocycles. The Kier molecular flexibility index (Phi) is 4.36. The number of fused-ring (bicyclic) bond motifs is 13. The summed E-state index contributed by atoms with van der Waals surface area (Å²) in [5.74, 6) is 0. The fourth-order valence-electron chi connectivity index (χ4n) is 6.68. The maximum Gasteiger partial charge on any atom is 0.213 e. The van der Waals surface area contributed by atoms with Gasteiger partial charge >= 0.3 is 0 Å². The van der Waals surface area contributed by atoms with Gasteiger partial charge in [-0.25, -0.2) is 0 Å². The topological polar surface area (TPSA) is 18.1 Å². The first-order valence-electron chi connectivity index (χ1n) is 13.7. The molecule has 0 spiro atoms. The van der Waals surface area contributed by atoms with Crippen molar-refractivity contribution >= 4 is 33.0 Å². The second kappa shape index (κ2) is 8.08. The third-order valence-electron chi connectivity index (χ3n) is 8.40. The standard InChI is InChI=1S/C38H23NO/c1-2-12-26-25(11-1)27-13-3-4-15-29(27)31-22-21-24(23-34(31)30-16-6-5-14-28(26)30)39-35-19-9-7-17-32(35)37-33-18-8-10-20-36(33)40-38(37)39/h1-23H. The van der Waals surface area contributed by atoms with Crippen molar-refractivity contribution in [2.24, 2.45) is 0 Å². The summed E-state index contributed by atoms with van der Waals surface area (Å²) in [5, 5.41) is 3.51. The third kappa shape index (κ3) is 2.88. The Morgan fingerprint density at radius 2 is 0.875 bits per heavy atom. The van der Waals surface area contributed by atoms with Gasteiger partial charge in [0.1, 0.15) is 5.58 Å². The van der Waals surface area contributed by atoms with Crippen molar-refractivity contribution in [2.45, 2.75) is 0 Å². The van der Waals surface area contributed by atoms with Crippen molar-refractivity contribution in [2.75, 3.05) is 0 Å². The molecular weight excluding hydrogens is 486 g/mol. The molecular formula is C38H23NO. The Morgan fingerprint density at radius 1 is 0.400 bits per heavy atom. The minimum absolute atomic E-state index is 0.882. The Labute approximate surface area is 231 Å². The Morgan fingerprint density at radius 3 is 1.50 bits per heavy atom. The van der Waals surface area contributed by atoms with Crippen LogP contribution in [-0.4, -0.2) is 4.57 Å². The van der Waals surface area contributed by atoms with Crippen LogP contribution in [0.2, 0.25) is 0 Å². The second-order valence-electron chi connectivity index (χ2n) is 10.5. The van der Waals surface area contributed by atoms with E-state index in [2.05, 4.69) is 138 Å². The lowest BCUT2D eigenvalue weighted by atomic mass is 9.81. The zero-order valence-corrected chi connectivity index (χ0v) is 21.6. The van der Waals surface area contributed by atoms with Gasteiger partial charge in [-0.05, 0) is 68.8 Å². The van der Waals surface area contributed by atoms with E-state index < -0.39 is 0 Å². The van der Waals surface area contributed by atoms with Crippen molar-refractivity contribution < 1.29 is 4.42 Å². The molecule has 1 aliphatic rings. The average molecular weight is 510 g/mol. The van der Waals surface area contributed by atoms with Gasteiger partial charge in [0.15, 0.2) is 0 Å². The molecule has 8 aromatic rings. The highest BCUT2D eigenvalue weighted by molar-refractivity contribution is 6.20. The highest BCUT2D eigenvalue weighted by atomic mass is 16.3. The summed E-state index contributed by atoms with van der Waals surface area (Å²) in [6.45, 7) is 0. The summed E-state index contributed by atoms with van der Waals surface area (Å²) < 4.78 is 8.83. The van der Waals surface area contributed by atoms with Crippen molar-refractivity contribution in [3.05, 3.63) is 140 Å². The van der Waals surface area contributed by atoms with Gasteiger partial charge in [0.05, 0.1) is 10.9 Å². The second-order valence-corrected chi connectivity index (χ2v) is 10.5. The molecule has 0 amide bonds. The van der Waals surface area contributed by atoms with Gasteiger partial charge in [0.2, 0.25) is 5.71 Å². The van der Waals surface area contributed by atoms with Crippen LogP contribution in [-0.2, 0) is 0 Å². The molecule has 0 unspecified atom stereocenters. The zero-order valence-electron chi connectivity index (χ0n) is 21.6. The van der Waals surface area contributed by atoms with Crippen LogP contribution in [0.4, 0.5) is 0 Å². The summed E-state index contributed by atoms with van der Waals surface area (Å²) >= 11 is 0. The van der Waals surface area contributed by atoms with Gasteiger partial charge in [0, 0.05) is 16.5 Å². The number of nitrogens with zero attached hydrogens (tertiary/aromatic N) is 1. The summed E-state index contributed by atoms with van der Waals surface area (Å²) in [6, 6.07) is 50.2. The quantitative estimate of drug-likeness (QED) is 0.215. The van der Waals surface area contributed by atoms with E-state index in [1.165, 1.54) is 49.9 Å². The van der Waals surface area contributed by atoms with Crippen LogP contribution in [0.3, 0.4) is 0 Å². The molecule has 0 bridgehead atoms. The molecule has 0 radical (unpaired) electrons. The normalized spacial score (nSPS) is 12.0. The smallest absolute Gasteiger partial charge is 0.213 e. The molecule has 2 aromatic heterocycles. The average Bonchev–Trinajstić information content (AvgIpc) is 3.55. The largest absolute Gasteiger partial charge is 0.439 e. The van der Waals surface area contributed by atoms with Gasteiger partial charge in [-0.3, -0.25) is 4.57 Å². The van der Waals surface area contributed by atoms with E-state index in [1.807, 2.05) is 6.07 Å². The van der Waals surface area contributed by atoms with Crippen molar-refractivity contribution in [3.8, 4) is 50.2 Å². The van der Waals surface area contributed by atoms with E-state index in [1.54, 1.807) is 0 Å². The first-order valence-corrected chi connectivity index (χ1v) is 13.7. The first kappa shape index (κ1) is 21.6. The van der Waals surface area contributed by atoms with Crippen LogP contribution in [0.25, 0.3) is 83.2 Å². The molecule has 9 rings (SSSR count). The van der Waals surface area contributed by atoms with Gasteiger partial charge in [-0.15, -0.1) is 0 Å². The third-order valence-corrected chi connectivity index (χ3v) is 8.40. The van der Waals surface area contributed by atoms with E-state index >= 15 is 0 Å². The maximum absolute atomic E-state index is 6.55.